The molecule has 0 spiro atoms. The molecular formula is C22H32N4O2. The average molecular weight is 385 g/mol. The molecule has 0 saturated heterocycles. The van der Waals surface area contributed by atoms with Gasteiger partial charge >= 0.3 is 0 Å². The zero-order valence-electron chi connectivity index (χ0n) is 17.0. The molecule has 2 saturated carbocycles. The molecular weight excluding hydrogens is 352 g/mol. The minimum absolute atomic E-state index is 0.0357. The summed E-state index contributed by atoms with van der Waals surface area (Å²) in [5.74, 6) is 1.79. The first-order chi connectivity index (χ1) is 13.6. The van der Waals surface area contributed by atoms with E-state index in [0.717, 1.165) is 23.7 Å². The lowest BCUT2D eigenvalue weighted by atomic mass is 9.84. The van der Waals surface area contributed by atoms with Crippen molar-refractivity contribution in [3.63, 3.8) is 0 Å². The molecule has 0 aliphatic heterocycles. The van der Waals surface area contributed by atoms with E-state index in [2.05, 4.69) is 29.1 Å². The first-order valence-electron chi connectivity index (χ1n) is 10.9. The molecule has 6 nitrogen and oxygen atoms in total. The first kappa shape index (κ1) is 19.4. The van der Waals surface area contributed by atoms with Gasteiger partial charge in [0.2, 0.25) is 11.8 Å². The molecule has 0 bridgehead atoms. The molecule has 1 atom stereocenters. The highest BCUT2D eigenvalue weighted by Crippen LogP contribution is 2.38. The van der Waals surface area contributed by atoms with Crippen molar-refractivity contribution in [2.45, 2.75) is 95.8 Å². The molecule has 28 heavy (non-hydrogen) atoms. The zero-order valence-corrected chi connectivity index (χ0v) is 17.0. The van der Waals surface area contributed by atoms with Gasteiger partial charge in [-0.3, -0.25) is 0 Å². The number of aliphatic hydroxyl groups is 1. The molecule has 0 radical (unpaired) electrons. The largest absolute Gasteiger partial charge is 0.474 e. The Morgan fingerprint density at radius 3 is 2.68 bits per heavy atom. The number of hydrogen-bond donors (Lipinski definition) is 2. The van der Waals surface area contributed by atoms with E-state index in [0.29, 0.717) is 36.6 Å². The smallest absolute Gasteiger partial charge is 0.224 e. The van der Waals surface area contributed by atoms with E-state index in [1.165, 1.54) is 37.7 Å². The number of aromatic nitrogens is 3. The summed E-state index contributed by atoms with van der Waals surface area (Å²) in [6.07, 6.45) is 13.4. The molecule has 1 unspecified atom stereocenters. The van der Waals surface area contributed by atoms with Crippen LogP contribution in [0.3, 0.4) is 0 Å². The third-order valence-corrected chi connectivity index (χ3v) is 6.10. The number of rotatable bonds is 7. The Morgan fingerprint density at radius 1 is 1.18 bits per heavy atom. The third-order valence-electron chi connectivity index (χ3n) is 6.10. The van der Waals surface area contributed by atoms with Gasteiger partial charge in [-0.05, 0) is 32.1 Å². The van der Waals surface area contributed by atoms with Crippen molar-refractivity contribution in [2.75, 3.05) is 5.32 Å². The van der Waals surface area contributed by atoms with E-state index in [1.807, 2.05) is 12.4 Å². The van der Waals surface area contributed by atoms with Crippen LogP contribution in [0.15, 0.2) is 12.4 Å². The van der Waals surface area contributed by atoms with Gasteiger partial charge in [-0.25, -0.2) is 15.0 Å². The molecule has 2 aromatic rings. The fraction of sp³-hybridized carbons (Fsp3) is 0.682. The van der Waals surface area contributed by atoms with Gasteiger partial charge in [0.05, 0.1) is 17.0 Å². The second kappa shape index (κ2) is 8.60. The molecule has 6 heteroatoms. The van der Waals surface area contributed by atoms with Gasteiger partial charge in [-0.2, -0.15) is 0 Å². The van der Waals surface area contributed by atoms with Crippen molar-refractivity contribution in [2.24, 2.45) is 0 Å². The summed E-state index contributed by atoms with van der Waals surface area (Å²) < 4.78 is 6.06. The van der Waals surface area contributed by atoms with Crippen LogP contribution in [-0.4, -0.2) is 38.3 Å². The Hall–Kier alpha value is -1.95. The number of anilines is 1. The lowest BCUT2D eigenvalue weighted by molar-refractivity contribution is -0.0120. The quantitative estimate of drug-likeness (QED) is 0.727. The predicted molar refractivity (Wildman–Crippen MR) is 111 cm³/mol. The maximum atomic E-state index is 9.55. The Bertz CT molecular complexity index is 800. The van der Waals surface area contributed by atoms with Crippen molar-refractivity contribution < 1.29 is 9.84 Å². The van der Waals surface area contributed by atoms with Crippen molar-refractivity contribution in [1.29, 1.82) is 0 Å². The number of hydrogen-bond acceptors (Lipinski definition) is 6. The topological polar surface area (TPSA) is 80.2 Å². The second-order valence-electron chi connectivity index (χ2n) is 8.51. The lowest BCUT2D eigenvalue weighted by Crippen LogP contribution is -2.37. The van der Waals surface area contributed by atoms with Crippen LogP contribution in [0, 0.1) is 0 Å². The summed E-state index contributed by atoms with van der Waals surface area (Å²) in [7, 11) is 0. The van der Waals surface area contributed by atoms with Crippen LogP contribution in [0.25, 0.3) is 10.9 Å². The fourth-order valence-electron chi connectivity index (χ4n) is 4.41. The molecule has 2 N–H and O–H groups in total. The normalized spacial score (nSPS) is 24.0. The van der Waals surface area contributed by atoms with Crippen LogP contribution in [0.4, 0.5) is 5.95 Å². The SMILES string of the molecule is CCCC(C)Nc1ncc2c(OC3CC(O)C3)ncc(C3CCCCC3)c2n1. The van der Waals surface area contributed by atoms with Crippen molar-refractivity contribution >= 4 is 16.9 Å². The zero-order chi connectivity index (χ0) is 19.5. The number of pyridine rings is 1. The number of aliphatic hydroxyl groups excluding tert-OH is 1. The number of nitrogens with zero attached hydrogens (tertiary/aromatic N) is 3. The minimum atomic E-state index is -0.245. The maximum absolute atomic E-state index is 9.55. The van der Waals surface area contributed by atoms with E-state index < -0.39 is 0 Å². The summed E-state index contributed by atoms with van der Waals surface area (Å²) in [5.41, 5.74) is 2.20. The Morgan fingerprint density at radius 2 is 1.96 bits per heavy atom. The lowest BCUT2D eigenvalue weighted by Gasteiger charge is -2.31. The number of nitrogens with one attached hydrogen (secondary N) is 1. The molecule has 152 valence electrons. The molecule has 2 fully saturated rings. The van der Waals surface area contributed by atoms with Crippen LogP contribution < -0.4 is 10.1 Å². The van der Waals surface area contributed by atoms with E-state index >= 15 is 0 Å². The predicted octanol–water partition coefficient (Wildman–Crippen LogP) is 4.58. The van der Waals surface area contributed by atoms with Crippen LogP contribution >= 0.6 is 0 Å². The molecule has 0 aromatic carbocycles. The first-order valence-corrected chi connectivity index (χ1v) is 10.9. The number of ether oxygens (including phenoxy) is 1. The summed E-state index contributed by atoms with van der Waals surface area (Å²) in [4.78, 5) is 14.1. The highest BCUT2D eigenvalue weighted by molar-refractivity contribution is 5.86. The standard InChI is InChI=1S/C22H32N4O2/c1-3-7-14(2)25-22-24-13-19-20(26-22)18(15-8-5-4-6-9-15)12-23-21(19)28-17-10-16(27)11-17/h12-17,27H,3-11H2,1-2H3,(H,24,25,26). The highest BCUT2D eigenvalue weighted by Gasteiger charge is 2.30. The average Bonchev–Trinajstić information content (AvgIpc) is 2.67. The fourth-order valence-corrected chi connectivity index (χ4v) is 4.41. The summed E-state index contributed by atoms with van der Waals surface area (Å²) in [5, 5.41) is 13.9. The summed E-state index contributed by atoms with van der Waals surface area (Å²) in [6.45, 7) is 4.36. The number of fused-ring (bicyclic) bond motifs is 1. The molecule has 0 amide bonds. The van der Waals surface area contributed by atoms with Gasteiger partial charge < -0.3 is 15.2 Å². The van der Waals surface area contributed by atoms with E-state index in [4.69, 9.17) is 9.72 Å². The van der Waals surface area contributed by atoms with Crippen molar-refractivity contribution in [3.05, 3.63) is 18.0 Å². The van der Waals surface area contributed by atoms with Gasteiger partial charge in [0.25, 0.3) is 0 Å². The summed E-state index contributed by atoms with van der Waals surface area (Å²) >= 11 is 0. The van der Waals surface area contributed by atoms with Gasteiger partial charge in [0.15, 0.2) is 0 Å². The Kier molecular flexibility index (Phi) is 5.95. The van der Waals surface area contributed by atoms with E-state index in [1.54, 1.807) is 0 Å². The Balaban J connectivity index is 1.67. The maximum Gasteiger partial charge on any atom is 0.224 e. The molecule has 2 heterocycles. The molecule has 2 aliphatic carbocycles. The Labute approximate surface area is 167 Å². The van der Waals surface area contributed by atoms with E-state index in [9.17, 15) is 5.11 Å². The van der Waals surface area contributed by atoms with Gasteiger partial charge in [-0.15, -0.1) is 0 Å². The second-order valence-corrected chi connectivity index (χ2v) is 8.51. The third kappa shape index (κ3) is 4.22. The van der Waals surface area contributed by atoms with Gasteiger partial charge in [-0.1, -0.05) is 32.6 Å². The summed E-state index contributed by atoms with van der Waals surface area (Å²) in [6, 6.07) is 0.342. The monoisotopic (exact) mass is 384 g/mol. The van der Waals surface area contributed by atoms with Crippen LogP contribution in [0.2, 0.25) is 0 Å². The van der Waals surface area contributed by atoms with Crippen molar-refractivity contribution in [1.82, 2.24) is 15.0 Å². The van der Waals surface area contributed by atoms with Crippen LogP contribution in [0.1, 0.15) is 83.1 Å². The molecule has 2 aliphatic rings. The van der Waals surface area contributed by atoms with Crippen LogP contribution in [0.5, 0.6) is 5.88 Å². The van der Waals surface area contributed by atoms with Gasteiger partial charge in [0, 0.05) is 36.8 Å². The highest BCUT2D eigenvalue weighted by atomic mass is 16.5. The van der Waals surface area contributed by atoms with E-state index in [-0.39, 0.29) is 12.2 Å². The van der Waals surface area contributed by atoms with Crippen LogP contribution in [-0.2, 0) is 0 Å². The molecule has 2 aromatic heterocycles. The minimum Gasteiger partial charge on any atom is -0.474 e. The molecule has 4 rings (SSSR count). The van der Waals surface area contributed by atoms with Gasteiger partial charge in [0.1, 0.15) is 6.10 Å². The van der Waals surface area contributed by atoms with Crippen molar-refractivity contribution in [3.8, 4) is 5.88 Å².